The third-order valence-electron chi connectivity index (χ3n) is 11.5. The number of aromatic hydroxyl groups is 3. The number of benzene rings is 3. The fraction of sp³-hybridized carbons (Fsp3) is 0.455. The first-order valence-corrected chi connectivity index (χ1v) is 20.9. The van der Waals surface area contributed by atoms with Crippen LogP contribution < -0.4 is 24.4 Å². The molecule has 0 aliphatic carbocycles. The minimum atomic E-state index is -2.02. The van der Waals surface area contributed by atoms with Gasteiger partial charge in [-0.25, -0.2) is 4.79 Å². The molecule has 15 unspecified atom stereocenters. The number of phenolic OH excluding ortho intramolecular Hbond substituents is 3. The van der Waals surface area contributed by atoms with E-state index in [0.29, 0.717) is 0 Å². The van der Waals surface area contributed by atoms with Crippen molar-refractivity contribution in [2.75, 3.05) is 34.0 Å². The summed E-state index contributed by atoms with van der Waals surface area (Å²) in [6, 6.07) is 9.65. The van der Waals surface area contributed by atoms with Crippen LogP contribution in [0.25, 0.3) is 28.4 Å². The second-order valence-corrected chi connectivity index (χ2v) is 15.9. The van der Waals surface area contributed by atoms with Gasteiger partial charge in [0.15, 0.2) is 35.8 Å². The zero-order valence-corrected chi connectivity index (χ0v) is 36.3. The zero-order chi connectivity index (χ0) is 50.0. The number of aliphatic hydroxyl groups is 10. The van der Waals surface area contributed by atoms with E-state index in [4.69, 9.17) is 47.0 Å². The Morgan fingerprint density at radius 2 is 1.19 bits per heavy atom. The molecule has 376 valence electrons. The van der Waals surface area contributed by atoms with Gasteiger partial charge in [-0.05, 0) is 48.0 Å². The lowest BCUT2D eigenvalue weighted by molar-refractivity contribution is -0.357. The molecule has 4 aromatic rings. The van der Waals surface area contributed by atoms with Crippen molar-refractivity contribution in [1.82, 2.24) is 0 Å². The van der Waals surface area contributed by atoms with Crippen molar-refractivity contribution in [1.29, 1.82) is 0 Å². The van der Waals surface area contributed by atoms with Gasteiger partial charge in [0.05, 0.1) is 34.0 Å². The monoisotopic (exact) mass is 978 g/mol. The van der Waals surface area contributed by atoms with Crippen molar-refractivity contribution in [2.24, 2.45) is 0 Å². The summed E-state index contributed by atoms with van der Waals surface area (Å²) in [6.45, 7) is -2.62. The van der Waals surface area contributed by atoms with Crippen LogP contribution in [0.3, 0.4) is 0 Å². The molecule has 0 spiro atoms. The van der Waals surface area contributed by atoms with E-state index in [-0.39, 0.29) is 39.9 Å². The smallest absolute Gasteiger partial charge is 0.331 e. The molecule has 13 N–H and O–H groups in total. The molecule has 1 aromatic heterocycles. The second-order valence-electron chi connectivity index (χ2n) is 15.9. The Morgan fingerprint density at radius 3 is 1.75 bits per heavy atom. The molecule has 0 bridgehead atoms. The maximum atomic E-state index is 14.5. The number of carbonyl (C=O) groups excluding carboxylic acids is 1. The first-order valence-electron chi connectivity index (χ1n) is 20.9. The molecule has 3 fully saturated rings. The number of carbonyl (C=O) groups is 1. The van der Waals surface area contributed by atoms with Gasteiger partial charge in [-0.1, -0.05) is 0 Å². The summed E-state index contributed by atoms with van der Waals surface area (Å²) in [6.07, 6.45) is -25.3. The Kier molecular flexibility index (Phi) is 15.8. The Balaban J connectivity index is 1.24. The number of hydrogen-bond acceptors (Lipinski definition) is 25. The summed E-state index contributed by atoms with van der Waals surface area (Å²) >= 11 is 0. The van der Waals surface area contributed by atoms with Crippen LogP contribution in [-0.2, 0) is 28.5 Å². The topological polar surface area (TPSA) is 393 Å². The Bertz CT molecular complexity index is 2490. The highest BCUT2D eigenvalue weighted by Crippen LogP contribution is 2.40. The van der Waals surface area contributed by atoms with Crippen LogP contribution in [0.5, 0.6) is 40.2 Å². The molecule has 0 saturated carbocycles. The van der Waals surface area contributed by atoms with Crippen LogP contribution in [-0.4, -0.2) is 199 Å². The molecule has 15 atom stereocenters. The lowest BCUT2D eigenvalue weighted by Crippen LogP contribution is -2.65. The first kappa shape index (κ1) is 51.0. The lowest BCUT2D eigenvalue weighted by Gasteiger charge is -2.45. The number of fused-ring (bicyclic) bond motifs is 1. The number of ether oxygens (including phenoxy) is 9. The van der Waals surface area contributed by atoms with E-state index in [1.54, 1.807) is 0 Å². The number of aliphatic hydroxyl groups excluding tert-OH is 10. The Hall–Kier alpha value is -5.88. The Morgan fingerprint density at radius 1 is 0.652 bits per heavy atom. The van der Waals surface area contributed by atoms with Crippen LogP contribution in [0.4, 0.5) is 0 Å². The van der Waals surface area contributed by atoms with Crippen LogP contribution in [0.15, 0.2) is 63.8 Å². The fourth-order valence-electron chi connectivity index (χ4n) is 7.74. The summed E-state index contributed by atoms with van der Waals surface area (Å²) < 4.78 is 56.3. The normalized spacial score (nSPS) is 31.6. The van der Waals surface area contributed by atoms with Crippen molar-refractivity contribution in [2.45, 2.75) is 92.1 Å². The molecular weight excluding hydrogens is 928 g/mol. The number of rotatable bonds is 15. The maximum absolute atomic E-state index is 14.5. The summed E-state index contributed by atoms with van der Waals surface area (Å²) in [7, 11) is 2.57. The van der Waals surface area contributed by atoms with Crippen molar-refractivity contribution in [3.63, 3.8) is 0 Å². The van der Waals surface area contributed by atoms with E-state index in [1.807, 2.05) is 0 Å². The molecule has 3 aliphatic heterocycles. The Labute approximate surface area is 388 Å². The van der Waals surface area contributed by atoms with Crippen LogP contribution in [0, 0.1) is 0 Å². The molecule has 3 aliphatic rings. The number of methoxy groups -OCH3 is 2. The SMILES string of the molecule is COc1cc(/C=C/C(=O)OC2C(Oc3c(-c4ccc(O)cc4)oc4cc(OC5OC(CO)C(O)C(O)C5OC5OC(CO)C(O)C(O)C5O)cc(O)c4c3=O)OC(CO)C(O)C2O)cc(OC)c1O. The van der Waals surface area contributed by atoms with E-state index in [2.05, 4.69) is 0 Å². The maximum Gasteiger partial charge on any atom is 0.331 e. The highest BCUT2D eigenvalue weighted by atomic mass is 16.8. The van der Waals surface area contributed by atoms with Gasteiger partial charge in [0, 0.05) is 23.8 Å². The van der Waals surface area contributed by atoms with Gasteiger partial charge in [-0.3, -0.25) is 4.79 Å². The minimum absolute atomic E-state index is 0.00177. The van der Waals surface area contributed by atoms with Crippen molar-refractivity contribution in [3.8, 4) is 51.6 Å². The molecule has 25 heteroatoms. The molecule has 3 aromatic carbocycles. The van der Waals surface area contributed by atoms with Gasteiger partial charge < -0.3 is 113 Å². The van der Waals surface area contributed by atoms with E-state index >= 15 is 0 Å². The summed E-state index contributed by atoms with van der Waals surface area (Å²) in [5.74, 6) is -4.12. The van der Waals surface area contributed by atoms with E-state index < -0.39 is 152 Å². The summed E-state index contributed by atoms with van der Waals surface area (Å²) in [5, 5.41) is 136. The average Bonchev–Trinajstić information content (AvgIpc) is 3.33. The molecule has 25 nitrogen and oxygen atoms in total. The number of phenols is 3. The van der Waals surface area contributed by atoms with Crippen molar-refractivity contribution >= 4 is 23.0 Å². The van der Waals surface area contributed by atoms with E-state index in [9.17, 15) is 76.0 Å². The lowest BCUT2D eigenvalue weighted by atomic mass is 9.97. The second kappa shape index (κ2) is 21.4. The molecule has 7 rings (SSSR count). The number of hydrogen-bond donors (Lipinski definition) is 13. The highest BCUT2D eigenvalue weighted by molar-refractivity contribution is 5.89. The third kappa shape index (κ3) is 10.4. The zero-order valence-electron chi connectivity index (χ0n) is 36.3. The highest BCUT2D eigenvalue weighted by Gasteiger charge is 2.52. The van der Waals surface area contributed by atoms with Crippen LogP contribution in [0.2, 0.25) is 0 Å². The quantitative estimate of drug-likeness (QED) is 0.0418. The summed E-state index contributed by atoms with van der Waals surface area (Å²) in [5.41, 5.74) is -1.25. The van der Waals surface area contributed by atoms with Crippen LogP contribution in [0.1, 0.15) is 5.56 Å². The van der Waals surface area contributed by atoms with E-state index in [0.717, 1.165) is 18.2 Å². The van der Waals surface area contributed by atoms with Gasteiger partial charge in [-0.15, -0.1) is 0 Å². The standard InChI is InChI=1S/C44H50O25/c1-60-22-9-16(10-23(61-2)29(22)51)3-8-27(50)67-40-35(57)31(53)26(15-47)66-44(40)68-39-33(55)28-20(49)11-19(12-21(28)63-38(39)17-4-6-18(48)7-5-17)62-43-41(36(58)32(54)25(14-46)65-43)69-42-37(59)34(56)30(52)24(13-45)64-42/h3-12,24-26,30-32,34-37,40-49,51-54,56-59H,13-15H2,1-2H3/b8-3+. The predicted molar refractivity (Wildman–Crippen MR) is 227 cm³/mol. The molecule has 0 radical (unpaired) electrons. The molecular formula is C44H50O25. The van der Waals surface area contributed by atoms with Gasteiger partial charge >= 0.3 is 5.97 Å². The predicted octanol–water partition coefficient (Wildman–Crippen LogP) is -2.96. The van der Waals surface area contributed by atoms with Crippen molar-refractivity contribution < 1.29 is 118 Å². The average molecular weight is 979 g/mol. The van der Waals surface area contributed by atoms with E-state index in [1.165, 1.54) is 56.7 Å². The van der Waals surface area contributed by atoms with Gasteiger partial charge in [0.1, 0.15) is 89.3 Å². The molecule has 3 saturated heterocycles. The van der Waals surface area contributed by atoms with Gasteiger partial charge in [-0.2, -0.15) is 0 Å². The minimum Gasteiger partial charge on any atom is -0.508 e. The molecule has 69 heavy (non-hydrogen) atoms. The van der Waals surface area contributed by atoms with Gasteiger partial charge in [0.2, 0.25) is 29.5 Å². The summed E-state index contributed by atoms with van der Waals surface area (Å²) in [4.78, 5) is 27.8. The van der Waals surface area contributed by atoms with Gasteiger partial charge in [0.25, 0.3) is 0 Å². The van der Waals surface area contributed by atoms with Crippen molar-refractivity contribution in [3.05, 3.63) is 70.4 Å². The number of esters is 1. The largest absolute Gasteiger partial charge is 0.508 e. The third-order valence-corrected chi connectivity index (χ3v) is 11.5. The fourth-order valence-corrected chi connectivity index (χ4v) is 7.74. The van der Waals surface area contributed by atoms with Crippen LogP contribution >= 0.6 is 0 Å². The molecule has 4 heterocycles. The molecule has 0 amide bonds. The first-order chi connectivity index (χ1) is 32.9.